The standard InChI is InChI=1S/C16H24N2O3/c1-16(2,3)21-15(20)18-12-11-17-14(19)10-9-13-7-5-4-6-8-13/h4-8H,9-12H2,1-3H3,(H,17,19)(H,18,20). The van der Waals surface area contributed by atoms with E-state index in [9.17, 15) is 9.59 Å². The van der Waals surface area contributed by atoms with E-state index in [1.165, 1.54) is 0 Å². The molecule has 0 saturated heterocycles. The van der Waals surface area contributed by atoms with E-state index in [1.54, 1.807) is 20.8 Å². The summed E-state index contributed by atoms with van der Waals surface area (Å²) < 4.78 is 5.09. The molecule has 0 heterocycles. The fourth-order valence-corrected chi connectivity index (χ4v) is 1.67. The van der Waals surface area contributed by atoms with Crippen molar-refractivity contribution in [2.24, 2.45) is 0 Å². The minimum Gasteiger partial charge on any atom is -0.444 e. The van der Waals surface area contributed by atoms with Crippen molar-refractivity contribution in [1.29, 1.82) is 0 Å². The first-order valence-electron chi connectivity index (χ1n) is 7.14. The summed E-state index contributed by atoms with van der Waals surface area (Å²) in [5.41, 5.74) is 0.628. The molecule has 0 aromatic heterocycles. The van der Waals surface area contributed by atoms with Gasteiger partial charge in [-0.25, -0.2) is 4.79 Å². The van der Waals surface area contributed by atoms with Gasteiger partial charge in [-0.15, -0.1) is 0 Å². The van der Waals surface area contributed by atoms with E-state index in [0.29, 0.717) is 25.9 Å². The Kier molecular flexibility index (Phi) is 6.72. The minimum atomic E-state index is -0.511. The smallest absolute Gasteiger partial charge is 0.407 e. The summed E-state index contributed by atoms with van der Waals surface area (Å²) in [4.78, 5) is 23.0. The Morgan fingerprint density at radius 3 is 2.29 bits per heavy atom. The molecule has 116 valence electrons. The molecule has 1 aromatic carbocycles. The quantitative estimate of drug-likeness (QED) is 0.790. The van der Waals surface area contributed by atoms with Crippen molar-refractivity contribution < 1.29 is 14.3 Å². The molecule has 0 radical (unpaired) electrons. The molecule has 0 spiro atoms. The van der Waals surface area contributed by atoms with Gasteiger partial charge in [-0.1, -0.05) is 30.3 Å². The van der Waals surface area contributed by atoms with Gasteiger partial charge in [-0.2, -0.15) is 0 Å². The van der Waals surface area contributed by atoms with Gasteiger partial charge >= 0.3 is 6.09 Å². The number of rotatable bonds is 6. The maximum Gasteiger partial charge on any atom is 0.407 e. The molecule has 0 aliphatic rings. The van der Waals surface area contributed by atoms with Gasteiger partial charge in [0.25, 0.3) is 0 Å². The molecule has 0 unspecified atom stereocenters. The number of amides is 2. The summed E-state index contributed by atoms with van der Waals surface area (Å²) in [6.45, 7) is 6.16. The van der Waals surface area contributed by atoms with Crippen molar-refractivity contribution >= 4 is 12.0 Å². The highest BCUT2D eigenvalue weighted by atomic mass is 16.6. The summed E-state index contributed by atoms with van der Waals surface area (Å²) in [7, 11) is 0. The first-order valence-corrected chi connectivity index (χ1v) is 7.14. The number of carbonyl (C=O) groups is 2. The largest absolute Gasteiger partial charge is 0.444 e. The van der Waals surface area contributed by atoms with Crippen LogP contribution in [0.1, 0.15) is 32.8 Å². The van der Waals surface area contributed by atoms with Gasteiger partial charge in [-0.3, -0.25) is 4.79 Å². The Balaban J connectivity index is 2.10. The lowest BCUT2D eigenvalue weighted by atomic mass is 10.1. The van der Waals surface area contributed by atoms with E-state index < -0.39 is 11.7 Å². The van der Waals surface area contributed by atoms with Gasteiger partial charge in [0.2, 0.25) is 5.91 Å². The van der Waals surface area contributed by atoms with E-state index >= 15 is 0 Å². The second kappa shape index (κ2) is 8.29. The zero-order valence-electron chi connectivity index (χ0n) is 12.9. The third-order valence-corrected chi connectivity index (χ3v) is 2.60. The average Bonchev–Trinajstić information content (AvgIpc) is 2.40. The van der Waals surface area contributed by atoms with Crippen LogP contribution in [0, 0.1) is 0 Å². The predicted octanol–water partition coefficient (Wildman–Crippen LogP) is 2.26. The van der Waals surface area contributed by atoms with E-state index in [0.717, 1.165) is 5.56 Å². The van der Waals surface area contributed by atoms with Crippen LogP contribution in [0.25, 0.3) is 0 Å². The van der Waals surface area contributed by atoms with Crippen molar-refractivity contribution in [2.45, 2.75) is 39.2 Å². The lowest BCUT2D eigenvalue weighted by molar-refractivity contribution is -0.121. The average molecular weight is 292 g/mol. The van der Waals surface area contributed by atoms with E-state index in [-0.39, 0.29) is 5.91 Å². The highest BCUT2D eigenvalue weighted by molar-refractivity contribution is 5.76. The van der Waals surface area contributed by atoms with Gasteiger partial charge in [0, 0.05) is 19.5 Å². The Hall–Kier alpha value is -2.04. The lowest BCUT2D eigenvalue weighted by Gasteiger charge is -2.19. The molecule has 0 atom stereocenters. The normalized spacial score (nSPS) is 10.8. The maximum atomic E-state index is 11.6. The van der Waals surface area contributed by atoms with Crippen molar-refractivity contribution in [3.05, 3.63) is 35.9 Å². The van der Waals surface area contributed by atoms with Crippen molar-refractivity contribution in [2.75, 3.05) is 13.1 Å². The Morgan fingerprint density at radius 1 is 1.05 bits per heavy atom. The van der Waals surface area contributed by atoms with Crippen LogP contribution in [0.15, 0.2) is 30.3 Å². The summed E-state index contributed by atoms with van der Waals surface area (Å²) in [5, 5.41) is 5.35. The van der Waals surface area contributed by atoms with Gasteiger partial charge < -0.3 is 15.4 Å². The van der Waals surface area contributed by atoms with Crippen LogP contribution < -0.4 is 10.6 Å². The van der Waals surface area contributed by atoms with Crippen LogP contribution in [-0.2, 0) is 16.0 Å². The molecule has 1 rings (SSSR count). The molecule has 0 bridgehead atoms. The number of hydrogen-bond acceptors (Lipinski definition) is 3. The van der Waals surface area contributed by atoms with Gasteiger partial charge in [0.05, 0.1) is 0 Å². The minimum absolute atomic E-state index is 0.0233. The van der Waals surface area contributed by atoms with Gasteiger partial charge in [0.15, 0.2) is 0 Å². The third-order valence-electron chi connectivity index (χ3n) is 2.60. The van der Waals surface area contributed by atoms with Crippen LogP contribution in [0.3, 0.4) is 0 Å². The highest BCUT2D eigenvalue weighted by Crippen LogP contribution is 2.06. The van der Waals surface area contributed by atoms with Crippen LogP contribution in [0.2, 0.25) is 0 Å². The van der Waals surface area contributed by atoms with Crippen LogP contribution in [0.4, 0.5) is 4.79 Å². The number of ether oxygens (including phenoxy) is 1. The molecular formula is C16H24N2O3. The number of alkyl carbamates (subject to hydrolysis) is 1. The molecule has 5 heteroatoms. The topological polar surface area (TPSA) is 67.4 Å². The summed E-state index contributed by atoms with van der Waals surface area (Å²) >= 11 is 0. The molecule has 2 amide bonds. The molecule has 0 fully saturated rings. The molecule has 5 nitrogen and oxygen atoms in total. The van der Waals surface area contributed by atoms with Crippen molar-refractivity contribution in [1.82, 2.24) is 10.6 Å². The fraction of sp³-hybridized carbons (Fsp3) is 0.500. The van der Waals surface area contributed by atoms with Crippen molar-refractivity contribution in [3.8, 4) is 0 Å². The van der Waals surface area contributed by atoms with Crippen LogP contribution in [-0.4, -0.2) is 30.7 Å². The number of nitrogens with one attached hydrogen (secondary N) is 2. The van der Waals surface area contributed by atoms with E-state index in [1.807, 2.05) is 30.3 Å². The summed E-state index contributed by atoms with van der Waals surface area (Å²) in [6.07, 6.45) is 0.684. The molecule has 0 saturated carbocycles. The van der Waals surface area contributed by atoms with E-state index in [4.69, 9.17) is 4.74 Å². The second-order valence-electron chi connectivity index (χ2n) is 5.76. The maximum absolute atomic E-state index is 11.6. The monoisotopic (exact) mass is 292 g/mol. The predicted molar refractivity (Wildman–Crippen MR) is 82.0 cm³/mol. The molecule has 0 aliphatic heterocycles. The Morgan fingerprint density at radius 2 is 1.67 bits per heavy atom. The van der Waals surface area contributed by atoms with Crippen LogP contribution >= 0.6 is 0 Å². The summed E-state index contributed by atoms with van der Waals surface area (Å²) in [5.74, 6) is -0.0233. The third kappa shape index (κ3) is 8.68. The number of aryl methyl sites for hydroxylation is 1. The fourth-order valence-electron chi connectivity index (χ4n) is 1.67. The Bertz CT molecular complexity index is 452. The number of hydrogen-bond donors (Lipinski definition) is 2. The zero-order chi connectivity index (χ0) is 15.7. The lowest BCUT2D eigenvalue weighted by Crippen LogP contribution is -2.37. The van der Waals surface area contributed by atoms with E-state index in [2.05, 4.69) is 10.6 Å². The Labute approximate surface area is 126 Å². The number of benzene rings is 1. The molecular weight excluding hydrogens is 268 g/mol. The first kappa shape index (κ1) is 17.0. The van der Waals surface area contributed by atoms with Gasteiger partial charge in [0.1, 0.15) is 5.60 Å². The summed E-state index contributed by atoms with van der Waals surface area (Å²) in [6, 6.07) is 9.86. The zero-order valence-corrected chi connectivity index (χ0v) is 12.9. The SMILES string of the molecule is CC(C)(C)OC(=O)NCCNC(=O)CCc1ccccc1. The van der Waals surface area contributed by atoms with Crippen LogP contribution in [0.5, 0.6) is 0 Å². The second-order valence-corrected chi connectivity index (χ2v) is 5.76. The molecule has 0 aliphatic carbocycles. The van der Waals surface area contributed by atoms with Crippen molar-refractivity contribution in [3.63, 3.8) is 0 Å². The molecule has 21 heavy (non-hydrogen) atoms. The number of carbonyl (C=O) groups excluding carboxylic acids is 2. The molecule has 1 aromatic rings. The highest BCUT2D eigenvalue weighted by Gasteiger charge is 2.15. The van der Waals surface area contributed by atoms with Gasteiger partial charge in [-0.05, 0) is 32.8 Å². The first-order chi connectivity index (χ1) is 9.87. The molecule has 2 N–H and O–H groups in total.